The summed E-state index contributed by atoms with van der Waals surface area (Å²) in [6.45, 7) is 0. The van der Waals surface area contributed by atoms with Crippen LogP contribution in [0, 0.1) is 0 Å². The average Bonchev–Trinajstić information content (AvgIpc) is 2.03. The van der Waals surface area contributed by atoms with Crippen molar-refractivity contribution in [3.05, 3.63) is 0 Å². The summed E-state index contributed by atoms with van der Waals surface area (Å²) >= 11 is 0. The van der Waals surface area contributed by atoms with Gasteiger partial charge < -0.3 is 22.9 Å². The molecular weight excluding hydrogens is 128 g/mol. The van der Waals surface area contributed by atoms with Gasteiger partial charge in [-0.25, -0.2) is 0 Å². The standard InChI is InChI=1S/4CH5N.2CH4/c4*1-2;;/h4*2H2,1H3;2*1H4. The van der Waals surface area contributed by atoms with Gasteiger partial charge in [0.05, 0.1) is 0 Å². The zero-order chi connectivity index (χ0) is 8.00. The van der Waals surface area contributed by atoms with Crippen LogP contribution in [0.1, 0.15) is 14.9 Å². The molecule has 4 heteroatoms. The van der Waals surface area contributed by atoms with Gasteiger partial charge in [0.25, 0.3) is 0 Å². The Morgan fingerprint density at radius 2 is 0.400 bits per heavy atom. The van der Waals surface area contributed by atoms with Crippen LogP contribution >= 0.6 is 0 Å². The molecule has 8 N–H and O–H groups in total. The van der Waals surface area contributed by atoms with Crippen molar-refractivity contribution >= 4 is 0 Å². The second kappa shape index (κ2) is 21200. The van der Waals surface area contributed by atoms with Crippen LogP contribution in [0.15, 0.2) is 0 Å². The van der Waals surface area contributed by atoms with Crippen molar-refractivity contribution in [2.24, 2.45) is 22.9 Å². The van der Waals surface area contributed by atoms with Crippen molar-refractivity contribution in [3.63, 3.8) is 0 Å². The molecule has 0 amide bonds. The summed E-state index contributed by atoms with van der Waals surface area (Å²) in [7, 11) is 6.00. The van der Waals surface area contributed by atoms with Gasteiger partial charge in [0.2, 0.25) is 0 Å². The first-order valence-corrected chi connectivity index (χ1v) is 2.31. The van der Waals surface area contributed by atoms with E-state index in [-0.39, 0.29) is 14.9 Å². The Morgan fingerprint density at radius 3 is 0.400 bits per heavy atom. The Labute approximate surface area is 67.0 Å². The summed E-state index contributed by atoms with van der Waals surface area (Å²) in [5.41, 5.74) is 18.0. The Kier molecular flexibility index (Phi) is 111000. The molecule has 72 valence electrons. The third-order valence-electron chi connectivity index (χ3n) is 0. The van der Waals surface area contributed by atoms with Crippen LogP contribution in [-0.2, 0) is 0 Å². The van der Waals surface area contributed by atoms with Crippen molar-refractivity contribution in [2.75, 3.05) is 28.2 Å². The maximum absolute atomic E-state index is 4.50. The van der Waals surface area contributed by atoms with E-state index in [0.29, 0.717) is 0 Å². The fourth-order valence-corrected chi connectivity index (χ4v) is 0. The molecule has 10 heavy (non-hydrogen) atoms. The third kappa shape index (κ3) is 14300. The minimum absolute atomic E-state index is 0. The summed E-state index contributed by atoms with van der Waals surface area (Å²) in [5.74, 6) is 0. The van der Waals surface area contributed by atoms with Crippen LogP contribution in [0.4, 0.5) is 0 Å². The van der Waals surface area contributed by atoms with Crippen LogP contribution in [-0.4, -0.2) is 28.2 Å². The molecule has 0 saturated heterocycles. The van der Waals surface area contributed by atoms with E-state index in [9.17, 15) is 0 Å². The third-order valence-corrected chi connectivity index (χ3v) is 0. The first kappa shape index (κ1) is 52.1. The SMILES string of the molecule is C.C.CN.CN.CN.CN. The van der Waals surface area contributed by atoms with Crippen LogP contribution < -0.4 is 22.9 Å². The molecule has 0 aliphatic rings. The van der Waals surface area contributed by atoms with Gasteiger partial charge >= 0.3 is 0 Å². The van der Waals surface area contributed by atoms with Crippen LogP contribution in [0.25, 0.3) is 0 Å². The molecule has 4 nitrogen and oxygen atoms in total. The van der Waals surface area contributed by atoms with Crippen molar-refractivity contribution < 1.29 is 0 Å². The maximum atomic E-state index is 4.50. The first-order valence-electron chi connectivity index (χ1n) is 2.31. The second-order valence-corrected chi connectivity index (χ2v) is 0. The fourth-order valence-electron chi connectivity index (χ4n) is 0. The largest absolute Gasteiger partial charge is 0.333 e. The number of hydrogen-bond donors (Lipinski definition) is 4. The molecule has 0 atom stereocenters. The maximum Gasteiger partial charge on any atom is -0.0195 e. The van der Waals surface area contributed by atoms with Crippen LogP contribution in [0.2, 0.25) is 0 Å². The first-order chi connectivity index (χ1) is 4.00. The Hall–Kier alpha value is -0.160. The topological polar surface area (TPSA) is 104 Å². The zero-order valence-corrected chi connectivity index (χ0v) is 6.31. The monoisotopic (exact) mass is 156 g/mol. The molecule has 0 saturated carbocycles. The van der Waals surface area contributed by atoms with Crippen molar-refractivity contribution in [3.8, 4) is 0 Å². The molecule has 0 rings (SSSR count). The number of nitrogens with two attached hydrogens (primary N) is 4. The lowest BCUT2D eigenvalue weighted by atomic mass is 11.6. The molecule has 0 unspecified atom stereocenters. The highest BCUT2D eigenvalue weighted by Crippen LogP contribution is 0.475. The molecule has 0 aromatic rings. The van der Waals surface area contributed by atoms with Gasteiger partial charge in [-0.3, -0.25) is 0 Å². The van der Waals surface area contributed by atoms with Gasteiger partial charge in [-0.1, -0.05) is 14.9 Å². The van der Waals surface area contributed by atoms with E-state index in [0.717, 1.165) is 0 Å². The van der Waals surface area contributed by atoms with Crippen molar-refractivity contribution in [1.82, 2.24) is 0 Å². The van der Waals surface area contributed by atoms with Gasteiger partial charge in [0, 0.05) is 0 Å². The predicted molar refractivity (Wildman–Crippen MR) is 53.9 cm³/mol. The normalized spacial score (nSPS) is 2.40. The lowest BCUT2D eigenvalue weighted by Gasteiger charge is -1.19. The minimum Gasteiger partial charge on any atom is -0.333 e. The number of rotatable bonds is 0. The summed E-state index contributed by atoms with van der Waals surface area (Å²) < 4.78 is 0. The van der Waals surface area contributed by atoms with Gasteiger partial charge in [-0.2, -0.15) is 0 Å². The molecule has 0 aromatic heterocycles. The lowest BCUT2D eigenvalue weighted by Crippen LogP contribution is -1.69. The summed E-state index contributed by atoms with van der Waals surface area (Å²) in [5, 5.41) is 0. The molecular formula is C6H28N4. The van der Waals surface area contributed by atoms with E-state index in [2.05, 4.69) is 22.9 Å². The van der Waals surface area contributed by atoms with Gasteiger partial charge in [-0.05, 0) is 28.2 Å². The van der Waals surface area contributed by atoms with E-state index < -0.39 is 0 Å². The van der Waals surface area contributed by atoms with Crippen LogP contribution in [0.5, 0.6) is 0 Å². The van der Waals surface area contributed by atoms with Gasteiger partial charge in [-0.15, -0.1) is 0 Å². The van der Waals surface area contributed by atoms with Gasteiger partial charge in [0.15, 0.2) is 0 Å². The Bertz CT molecular complexity index is 9.71. The van der Waals surface area contributed by atoms with Crippen molar-refractivity contribution in [1.29, 1.82) is 0 Å². The van der Waals surface area contributed by atoms with E-state index >= 15 is 0 Å². The second-order valence-electron chi connectivity index (χ2n) is 0. The fraction of sp³-hybridized carbons (Fsp3) is 1.00. The molecule has 0 heterocycles. The highest BCUT2D eigenvalue weighted by Gasteiger charge is 0.842. The Morgan fingerprint density at radius 1 is 0.400 bits per heavy atom. The van der Waals surface area contributed by atoms with E-state index in [1.807, 2.05) is 0 Å². The summed E-state index contributed by atoms with van der Waals surface area (Å²) in [6, 6.07) is 0. The molecule has 0 fully saturated rings. The molecule has 0 aromatic carbocycles. The molecule has 0 bridgehead atoms. The van der Waals surface area contributed by atoms with E-state index in [4.69, 9.17) is 0 Å². The Balaban J connectivity index is -0.00000000500. The highest BCUT2D eigenvalue weighted by atomic mass is 14.4. The summed E-state index contributed by atoms with van der Waals surface area (Å²) in [4.78, 5) is 0. The summed E-state index contributed by atoms with van der Waals surface area (Å²) in [6.07, 6.45) is 0. The molecule has 0 aliphatic carbocycles. The molecule has 0 spiro atoms. The van der Waals surface area contributed by atoms with Crippen LogP contribution in [0.3, 0.4) is 0 Å². The smallest absolute Gasteiger partial charge is 0.0195 e. The lowest BCUT2D eigenvalue weighted by molar-refractivity contribution is 1.48. The average molecular weight is 156 g/mol. The highest BCUT2D eigenvalue weighted by molar-refractivity contribution is 3.54. The van der Waals surface area contributed by atoms with Gasteiger partial charge in [0.1, 0.15) is 0 Å². The van der Waals surface area contributed by atoms with E-state index in [1.54, 1.807) is 0 Å². The minimum atomic E-state index is 0. The predicted octanol–water partition coefficient (Wildman–Crippen LogP) is -0.428. The quantitative estimate of drug-likeness (QED) is 0.382. The molecule has 0 aliphatic heterocycles. The van der Waals surface area contributed by atoms with Crippen molar-refractivity contribution in [2.45, 2.75) is 14.9 Å². The zero-order valence-electron chi connectivity index (χ0n) is 6.31. The number of hydrogen-bond acceptors (Lipinski definition) is 4. The molecule has 0 radical (unpaired) electrons. The van der Waals surface area contributed by atoms with E-state index in [1.165, 1.54) is 28.2 Å².